The van der Waals surface area contributed by atoms with Crippen LogP contribution in [0.2, 0.25) is 0 Å². The van der Waals surface area contributed by atoms with E-state index in [1.165, 1.54) is 30.4 Å². The van der Waals surface area contributed by atoms with E-state index in [0.717, 1.165) is 40.5 Å². The van der Waals surface area contributed by atoms with Gasteiger partial charge in [0.15, 0.2) is 9.84 Å². The predicted molar refractivity (Wildman–Crippen MR) is 163 cm³/mol. The number of rotatable bonds is 9. The van der Waals surface area contributed by atoms with Crippen molar-refractivity contribution in [3.8, 4) is 17.6 Å². The zero-order valence-electron chi connectivity index (χ0n) is 23.3. The number of fused-ring (bicyclic) bond motifs is 1. The smallest absolute Gasteiger partial charge is 0.255 e. The van der Waals surface area contributed by atoms with E-state index < -0.39 is 26.6 Å². The van der Waals surface area contributed by atoms with Gasteiger partial charge in [-0.25, -0.2) is 13.4 Å². The number of aliphatic hydroxyl groups excluding tert-OH is 2. The third-order valence-electron chi connectivity index (χ3n) is 7.99. The van der Waals surface area contributed by atoms with Gasteiger partial charge in [-0.1, -0.05) is 36.1 Å². The molecule has 1 aliphatic carbocycles. The summed E-state index contributed by atoms with van der Waals surface area (Å²) in [6, 6.07) is 19.5. The molecule has 1 fully saturated rings. The lowest BCUT2D eigenvalue weighted by Crippen LogP contribution is -2.47. The number of sulfone groups is 1. The third-order valence-corrected chi connectivity index (χ3v) is 11.2. The van der Waals surface area contributed by atoms with E-state index in [9.17, 15) is 28.5 Å². The average molecular weight is 605 g/mol. The molecule has 4 aromatic rings. The van der Waals surface area contributed by atoms with E-state index in [-0.39, 0.29) is 36.3 Å². The maximum absolute atomic E-state index is 12.8. The van der Waals surface area contributed by atoms with E-state index in [1.807, 2.05) is 42.5 Å². The first-order valence-corrected chi connectivity index (χ1v) is 16.2. The molecule has 1 aromatic heterocycles. The highest BCUT2D eigenvalue weighted by Gasteiger charge is 2.43. The van der Waals surface area contributed by atoms with Crippen molar-refractivity contribution in [3.05, 3.63) is 94.0 Å². The lowest BCUT2D eigenvalue weighted by Gasteiger charge is -2.29. The Labute approximate surface area is 249 Å². The summed E-state index contributed by atoms with van der Waals surface area (Å²) in [5.74, 6) is 5.50. The van der Waals surface area contributed by atoms with Gasteiger partial charge in [-0.2, -0.15) is 0 Å². The maximum Gasteiger partial charge on any atom is 0.255 e. The van der Waals surface area contributed by atoms with Crippen LogP contribution in [-0.4, -0.2) is 58.8 Å². The van der Waals surface area contributed by atoms with Gasteiger partial charge in [0.1, 0.15) is 16.9 Å². The van der Waals surface area contributed by atoms with Crippen molar-refractivity contribution < 1.29 is 28.5 Å². The molecule has 1 heterocycles. The average Bonchev–Trinajstić information content (AvgIpc) is 3.65. The van der Waals surface area contributed by atoms with Crippen molar-refractivity contribution in [1.82, 2.24) is 10.3 Å². The van der Waals surface area contributed by atoms with Crippen molar-refractivity contribution in [3.63, 3.8) is 0 Å². The molecule has 42 heavy (non-hydrogen) atoms. The topological polar surface area (TPSA) is 137 Å². The van der Waals surface area contributed by atoms with Crippen molar-refractivity contribution in [2.24, 2.45) is 0 Å². The molecule has 1 amide bonds. The number of benzene rings is 3. The van der Waals surface area contributed by atoms with Gasteiger partial charge in [0.2, 0.25) is 0 Å². The number of hydrogen-bond donors (Lipinski definition) is 4. The summed E-state index contributed by atoms with van der Waals surface area (Å²) < 4.78 is 24.9. The molecule has 3 aromatic carbocycles. The number of nitrogens with zero attached hydrogens (tertiary/aromatic N) is 1. The Kier molecular flexibility index (Phi) is 8.14. The maximum atomic E-state index is 12.8. The highest BCUT2D eigenvalue weighted by molar-refractivity contribution is 7.92. The number of carbonyl (C=O) groups is 1. The molecule has 218 valence electrons. The zero-order valence-corrected chi connectivity index (χ0v) is 24.9. The van der Waals surface area contributed by atoms with Crippen LogP contribution >= 0.6 is 11.3 Å². The van der Waals surface area contributed by atoms with Crippen LogP contribution in [0.3, 0.4) is 0 Å². The third kappa shape index (κ3) is 6.20. The number of phenolic OH excluding ortho intramolecular Hbond substituents is 1. The second-order valence-electron chi connectivity index (χ2n) is 11.1. The van der Waals surface area contributed by atoms with E-state index in [0.29, 0.717) is 10.5 Å². The molecule has 1 saturated carbocycles. The lowest BCUT2D eigenvalue weighted by molar-refractivity contribution is 0.0938. The molecule has 0 radical (unpaired) electrons. The Bertz CT molecular complexity index is 1800. The standard InChI is InChI=1S/C32H32N2O6S2/c1-31(42(2,39)40,19-33-29(38)24-5-3-4-6-26(24)36)18-27(37)30-34-25-14-11-22(17-28(25)41-30)8-7-21-9-12-23(13-10-21)32(20-35)15-16-32/h3-6,9-14,17,27,35-37H,15-16,18-20H2,1-2H3,(H,33,38)/t27-,31-/m1/s1. The second-order valence-corrected chi connectivity index (χ2v) is 14.7. The Morgan fingerprint density at radius 1 is 1.10 bits per heavy atom. The summed E-state index contributed by atoms with van der Waals surface area (Å²) in [7, 11) is -3.73. The van der Waals surface area contributed by atoms with Gasteiger partial charge in [0.25, 0.3) is 5.91 Å². The molecule has 5 rings (SSSR count). The molecular formula is C32H32N2O6S2. The van der Waals surface area contributed by atoms with E-state index in [1.54, 1.807) is 12.1 Å². The van der Waals surface area contributed by atoms with Crippen LogP contribution in [0.5, 0.6) is 5.75 Å². The Morgan fingerprint density at radius 2 is 1.76 bits per heavy atom. The molecule has 1 aliphatic rings. The molecule has 0 bridgehead atoms. The SMILES string of the molecule is C[C@](CNC(=O)c1ccccc1O)(C[C@@H](O)c1nc2ccc(C#Cc3ccc(C4(CO)CC4)cc3)cc2s1)S(C)(=O)=O. The first-order valence-electron chi connectivity index (χ1n) is 13.5. The summed E-state index contributed by atoms with van der Waals surface area (Å²) in [6.07, 6.45) is 1.70. The summed E-state index contributed by atoms with van der Waals surface area (Å²) in [6.45, 7) is 1.37. The highest BCUT2D eigenvalue weighted by Crippen LogP contribution is 2.47. The minimum atomic E-state index is -3.73. The summed E-state index contributed by atoms with van der Waals surface area (Å²) in [5.41, 5.74) is 3.39. The Hall–Kier alpha value is -3.75. The molecular weight excluding hydrogens is 572 g/mol. The second kappa shape index (κ2) is 11.5. The van der Waals surface area contributed by atoms with Crippen LogP contribution in [0, 0.1) is 11.8 Å². The fourth-order valence-electron chi connectivity index (χ4n) is 4.78. The summed E-state index contributed by atoms with van der Waals surface area (Å²) >= 11 is 1.26. The number of phenols is 1. The van der Waals surface area contributed by atoms with Gasteiger partial charge in [0, 0.05) is 35.8 Å². The number of carbonyl (C=O) groups excluding carboxylic acids is 1. The normalized spacial score (nSPS) is 16.2. The molecule has 0 saturated heterocycles. The Balaban J connectivity index is 1.29. The molecule has 0 spiro atoms. The van der Waals surface area contributed by atoms with Crippen LogP contribution in [0.15, 0.2) is 66.7 Å². The minimum absolute atomic E-state index is 0.0318. The predicted octanol–water partition coefficient (Wildman–Crippen LogP) is 4.08. The zero-order chi connectivity index (χ0) is 30.1. The van der Waals surface area contributed by atoms with Crippen LogP contribution in [0.4, 0.5) is 0 Å². The largest absolute Gasteiger partial charge is 0.507 e. The number of aromatic hydroxyl groups is 1. The van der Waals surface area contributed by atoms with E-state index in [2.05, 4.69) is 22.1 Å². The summed E-state index contributed by atoms with van der Waals surface area (Å²) in [4.78, 5) is 17.1. The van der Waals surface area contributed by atoms with E-state index in [4.69, 9.17) is 0 Å². The number of hydrogen-bond acceptors (Lipinski definition) is 8. The quantitative estimate of drug-likeness (QED) is 0.211. The van der Waals surface area contributed by atoms with Gasteiger partial charge < -0.3 is 20.6 Å². The molecule has 2 atom stereocenters. The van der Waals surface area contributed by atoms with Crippen LogP contribution in [-0.2, 0) is 15.3 Å². The molecule has 8 nitrogen and oxygen atoms in total. The minimum Gasteiger partial charge on any atom is -0.507 e. The van der Waals surface area contributed by atoms with Crippen LogP contribution in [0.1, 0.15) is 64.3 Å². The first-order chi connectivity index (χ1) is 19.9. The Morgan fingerprint density at radius 3 is 2.40 bits per heavy atom. The van der Waals surface area contributed by atoms with Crippen molar-refractivity contribution in [1.29, 1.82) is 0 Å². The number of aliphatic hydroxyl groups is 2. The van der Waals surface area contributed by atoms with Gasteiger partial charge in [-0.15, -0.1) is 11.3 Å². The van der Waals surface area contributed by atoms with E-state index >= 15 is 0 Å². The molecule has 10 heteroatoms. The monoisotopic (exact) mass is 604 g/mol. The van der Waals surface area contributed by atoms with Gasteiger partial charge in [0.05, 0.1) is 27.1 Å². The van der Waals surface area contributed by atoms with Crippen molar-refractivity contribution in [2.75, 3.05) is 19.4 Å². The van der Waals surface area contributed by atoms with Crippen LogP contribution < -0.4 is 5.32 Å². The van der Waals surface area contributed by atoms with Gasteiger partial charge in [-0.3, -0.25) is 4.79 Å². The first kappa shape index (κ1) is 29.7. The molecule has 0 aliphatic heterocycles. The number of amides is 1. The lowest BCUT2D eigenvalue weighted by atomic mass is 9.96. The number of aromatic nitrogens is 1. The number of para-hydroxylation sites is 1. The molecule has 4 N–H and O–H groups in total. The number of nitrogens with one attached hydrogen (secondary N) is 1. The van der Waals surface area contributed by atoms with Gasteiger partial charge in [-0.05, 0) is 67.8 Å². The van der Waals surface area contributed by atoms with Gasteiger partial charge >= 0.3 is 0 Å². The summed E-state index contributed by atoms with van der Waals surface area (Å²) in [5, 5.41) is 33.6. The molecule has 0 unspecified atom stereocenters. The van der Waals surface area contributed by atoms with Crippen molar-refractivity contribution >= 4 is 37.3 Å². The fraction of sp³-hybridized carbons (Fsp3) is 0.312. The number of thiazole rings is 1. The highest BCUT2D eigenvalue weighted by atomic mass is 32.2. The van der Waals surface area contributed by atoms with Crippen LogP contribution in [0.25, 0.3) is 10.2 Å². The fourth-order valence-corrected chi connectivity index (χ4v) is 6.57. The van der Waals surface area contributed by atoms with Crippen molar-refractivity contribution in [2.45, 2.75) is 42.5 Å².